The summed E-state index contributed by atoms with van der Waals surface area (Å²) in [5, 5.41) is 19.6. The number of esters is 1. The second-order valence-electron chi connectivity index (χ2n) is 3.55. The zero-order chi connectivity index (χ0) is 13.5. The highest BCUT2D eigenvalue weighted by atomic mass is 16.5. The molecule has 2 atom stereocenters. The zero-order valence-electron chi connectivity index (χ0n) is 9.74. The van der Waals surface area contributed by atoms with Crippen molar-refractivity contribution in [3.8, 4) is 0 Å². The number of carbonyl (C=O) groups is 1. The average molecular weight is 251 g/mol. The average Bonchev–Trinajstić information content (AvgIpc) is 2.38. The third kappa shape index (κ3) is 3.49. The number of carbonyl (C=O) groups excluding carboxylic acids is 2. The Hall–Kier alpha value is -2.01. The van der Waals surface area contributed by atoms with Gasteiger partial charge in [-0.3, -0.25) is 4.79 Å². The van der Waals surface area contributed by atoms with Crippen LogP contribution in [0, 0.1) is 0 Å². The molecule has 0 fully saturated rings. The van der Waals surface area contributed by atoms with Crippen LogP contribution in [-0.2, 0) is 14.3 Å². The molecule has 0 spiro atoms. The van der Waals surface area contributed by atoms with Gasteiger partial charge in [-0.15, -0.1) is 0 Å². The summed E-state index contributed by atoms with van der Waals surface area (Å²) in [4.78, 5) is 24.6. The van der Waals surface area contributed by atoms with Crippen LogP contribution in [0.1, 0.15) is 18.1 Å². The first-order chi connectivity index (χ1) is 8.60. The van der Waals surface area contributed by atoms with Crippen molar-refractivity contribution in [2.24, 2.45) is 4.99 Å². The normalized spacial score (nSPS) is 13.3. The summed E-state index contributed by atoms with van der Waals surface area (Å²) in [6.07, 6.45) is -1.66. The molecule has 0 heterocycles. The summed E-state index contributed by atoms with van der Waals surface area (Å²) in [6.45, 7) is 0. The molecule has 6 nitrogen and oxygen atoms in total. The molecule has 6 heteroatoms. The van der Waals surface area contributed by atoms with Crippen LogP contribution in [0.2, 0.25) is 0 Å². The summed E-state index contributed by atoms with van der Waals surface area (Å²) in [6, 6.07) is 6.24. The van der Waals surface area contributed by atoms with Crippen LogP contribution >= 0.6 is 0 Å². The third-order valence-electron chi connectivity index (χ3n) is 2.39. The summed E-state index contributed by atoms with van der Waals surface area (Å²) in [5.74, 6) is -0.641. The number of hydrogen-bond acceptors (Lipinski definition) is 6. The summed E-state index contributed by atoms with van der Waals surface area (Å²) in [7, 11) is 1.19. The van der Waals surface area contributed by atoms with E-state index in [2.05, 4.69) is 9.73 Å². The third-order valence-corrected chi connectivity index (χ3v) is 2.39. The standard InChI is InChI=1S/C12H13NO5/c1-18-11(16)6-10(15)12(17)8-4-2-3-5-9(8)13-7-14/h2-5,10,12,15,17H,6H2,1H3. The fourth-order valence-electron chi connectivity index (χ4n) is 1.46. The number of methoxy groups -OCH3 is 1. The Morgan fingerprint density at radius 1 is 1.44 bits per heavy atom. The monoisotopic (exact) mass is 251 g/mol. The van der Waals surface area contributed by atoms with Crippen LogP contribution in [0.5, 0.6) is 0 Å². The van der Waals surface area contributed by atoms with E-state index in [1.165, 1.54) is 25.3 Å². The van der Waals surface area contributed by atoms with Gasteiger partial charge >= 0.3 is 5.97 Å². The number of ether oxygens (including phenoxy) is 1. The van der Waals surface area contributed by atoms with E-state index in [0.29, 0.717) is 0 Å². The number of aliphatic imine (C=N–C) groups is 1. The van der Waals surface area contributed by atoms with Crippen LogP contribution in [0.15, 0.2) is 29.3 Å². The fourth-order valence-corrected chi connectivity index (χ4v) is 1.46. The van der Waals surface area contributed by atoms with Crippen LogP contribution in [0.25, 0.3) is 0 Å². The molecule has 0 aromatic heterocycles. The first-order valence-corrected chi connectivity index (χ1v) is 5.20. The quantitative estimate of drug-likeness (QED) is 0.454. The van der Waals surface area contributed by atoms with E-state index >= 15 is 0 Å². The van der Waals surface area contributed by atoms with Gasteiger partial charge in [-0.1, -0.05) is 18.2 Å². The fraction of sp³-hybridized carbons (Fsp3) is 0.333. The molecule has 1 rings (SSSR count). The molecule has 0 saturated carbocycles. The van der Waals surface area contributed by atoms with Gasteiger partial charge in [-0.25, -0.2) is 4.79 Å². The molecule has 2 unspecified atom stereocenters. The molecule has 0 amide bonds. The number of aliphatic hydroxyl groups excluding tert-OH is 2. The molecule has 1 aromatic carbocycles. The Labute approximate surface area is 104 Å². The lowest BCUT2D eigenvalue weighted by molar-refractivity contribution is -0.144. The molecule has 0 aliphatic rings. The summed E-state index contributed by atoms with van der Waals surface area (Å²) < 4.78 is 4.39. The molecule has 0 aliphatic heterocycles. The van der Waals surface area contributed by atoms with Gasteiger partial charge in [0.05, 0.1) is 25.3 Å². The number of benzene rings is 1. The number of nitrogens with zero attached hydrogens (tertiary/aromatic N) is 1. The maximum absolute atomic E-state index is 11.0. The van der Waals surface area contributed by atoms with E-state index in [-0.39, 0.29) is 17.7 Å². The van der Waals surface area contributed by atoms with E-state index in [9.17, 15) is 19.8 Å². The Kier molecular flexibility index (Phi) is 5.20. The smallest absolute Gasteiger partial charge is 0.308 e. The highest BCUT2D eigenvalue weighted by molar-refractivity contribution is 5.70. The minimum Gasteiger partial charge on any atom is -0.469 e. The highest BCUT2D eigenvalue weighted by Crippen LogP contribution is 2.28. The Morgan fingerprint density at radius 2 is 2.11 bits per heavy atom. The molecule has 96 valence electrons. The van der Waals surface area contributed by atoms with Gasteiger partial charge in [0.15, 0.2) is 0 Å². The lowest BCUT2D eigenvalue weighted by atomic mass is 10.0. The van der Waals surface area contributed by atoms with E-state index in [1.807, 2.05) is 0 Å². The number of isocyanates is 1. The van der Waals surface area contributed by atoms with Crippen molar-refractivity contribution < 1.29 is 24.5 Å². The van der Waals surface area contributed by atoms with Crippen molar-refractivity contribution in [3.05, 3.63) is 29.8 Å². The highest BCUT2D eigenvalue weighted by Gasteiger charge is 2.23. The molecule has 0 bridgehead atoms. The van der Waals surface area contributed by atoms with Gasteiger partial charge in [0, 0.05) is 5.56 Å². The van der Waals surface area contributed by atoms with Crippen molar-refractivity contribution in [1.29, 1.82) is 0 Å². The minimum atomic E-state index is -1.34. The van der Waals surface area contributed by atoms with E-state index in [0.717, 1.165) is 0 Å². The van der Waals surface area contributed by atoms with Gasteiger partial charge in [-0.2, -0.15) is 4.99 Å². The molecule has 0 saturated heterocycles. The predicted octanol–water partition coefficient (Wildman–Crippen LogP) is 0.611. The molecule has 1 aromatic rings. The number of hydrogen-bond donors (Lipinski definition) is 2. The maximum Gasteiger partial charge on any atom is 0.308 e. The van der Waals surface area contributed by atoms with E-state index in [4.69, 9.17) is 0 Å². The van der Waals surface area contributed by atoms with Gasteiger partial charge in [-0.05, 0) is 6.07 Å². The van der Waals surface area contributed by atoms with Crippen molar-refractivity contribution in [3.63, 3.8) is 0 Å². The lowest BCUT2D eigenvalue weighted by Gasteiger charge is -2.18. The number of aliphatic hydroxyl groups is 2. The van der Waals surface area contributed by atoms with Gasteiger partial charge in [0.1, 0.15) is 6.10 Å². The van der Waals surface area contributed by atoms with Gasteiger partial charge in [0.25, 0.3) is 0 Å². The largest absolute Gasteiger partial charge is 0.469 e. The SMILES string of the molecule is COC(=O)CC(O)C(O)c1ccccc1N=C=O. The second-order valence-corrected chi connectivity index (χ2v) is 3.55. The molecule has 0 radical (unpaired) electrons. The van der Waals surface area contributed by atoms with Crippen LogP contribution < -0.4 is 0 Å². The molecular formula is C12H13NO5. The molecule has 18 heavy (non-hydrogen) atoms. The van der Waals surface area contributed by atoms with Crippen LogP contribution in [-0.4, -0.2) is 35.5 Å². The van der Waals surface area contributed by atoms with E-state index in [1.54, 1.807) is 12.1 Å². The van der Waals surface area contributed by atoms with Crippen LogP contribution in [0.3, 0.4) is 0 Å². The number of rotatable bonds is 5. The first-order valence-electron chi connectivity index (χ1n) is 5.20. The first kappa shape index (κ1) is 14.1. The Balaban J connectivity index is 2.92. The summed E-state index contributed by atoms with van der Waals surface area (Å²) >= 11 is 0. The second kappa shape index (κ2) is 6.66. The summed E-state index contributed by atoms with van der Waals surface area (Å²) in [5.41, 5.74) is 0.446. The van der Waals surface area contributed by atoms with Gasteiger partial charge < -0.3 is 14.9 Å². The Bertz CT molecular complexity index is 467. The zero-order valence-corrected chi connectivity index (χ0v) is 9.74. The molecule has 2 N–H and O–H groups in total. The van der Waals surface area contributed by atoms with E-state index < -0.39 is 18.2 Å². The van der Waals surface area contributed by atoms with Gasteiger partial charge in [0.2, 0.25) is 6.08 Å². The predicted molar refractivity (Wildman–Crippen MR) is 61.8 cm³/mol. The van der Waals surface area contributed by atoms with Crippen molar-refractivity contribution in [1.82, 2.24) is 0 Å². The Morgan fingerprint density at radius 3 is 2.72 bits per heavy atom. The molecular weight excluding hydrogens is 238 g/mol. The minimum absolute atomic E-state index is 0.198. The lowest BCUT2D eigenvalue weighted by Crippen LogP contribution is -2.22. The van der Waals surface area contributed by atoms with Crippen molar-refractivity contribution >= 4 is 17.7 Å². The topological polar surface area (TPSA) is 96.2 Å². The van der Waals surface area contributed by atoms with Crippen molar-refractivity contribution in [2.45, 2.75) is 18.6 Å². The number of para-hydroxylation sites is 1. The van der Waals surface area contributed by atoms with Crippen molar-refractivity contribution in [2.75, 3.05) is 7.11 Å². The maximum atomic E-state index is 11.0. The molecule has 0 aliphatic carbocycles. The van der Waals surface area contributed by atoms with Crippen LogP contribution in [0.4, 0.5) is 5.69 Å².